The zero-order chi connectivity index (χ0) is 13.8. The van der Waals surface area contributed by atoms with Crippen molar-refractivity contribution < 1.29 is 0 Å². The molecule has 0 aliphatic carbocycles. The molecule has 0 rings (SSSR count). The molecule has 110 valence electrons. The molecule has 0 spiro atoms. The Kier molecular flexibility index (Phi) is 11.9. The fraction of sp³-hybridized carbons (Fsp3) is 1.00. The van der Waals surface area contributed by atoms with Crippen molar-refractivity contribution in [1.29, 1.82) is 0 Å². The molecular weight excluding hydrogens is 220 g/mol. The zero-order valence-corrected chi connectivity index (χ0v) is 13.3. The molecule has 2 N–H and O–H groups in total. The second-order valence-corrected chi connectivity index (χ2v) is 5.64. The molecule has 18 heavy (non-hydrogen) atoms. The van der Waals surface area contributed by atoms with Crippen LogP contribution in [-0.4, -0.2) is 30.6 Å². The Morgan fingerprint density at radius 3 is 2.11 bits per heavy atom. The SMILES string of the molecule is CCCCN(CCCC(CC)CCN)C(C)CC. The van der Waals surface area contributed by atoms with Gasteiger partial charge in [0.15, 0.2) is 0 Å². The van der Waals surface area contributed by atoms with E-state index in [4.69, 9.17) is 5.73 Å². The van der Waals surface area contributed by atoms with Crippen LogP contribution in [0.15, 0.2) is 0 Å². The lowest BCUT2D eigenvalue weighted by Gasteiger charge is -2.29. The summed E-state index contributed by atoms with van der Waals surface area (Å²) < 4.78 is 0. The number of nitrogens with zero attached hydrogens (tertiary/aromatic N) is 1. The molecule has 0 heterocycles. The van der Waals surface area contributed by atoms with Gasteiger partial charge in [-0.3, -0.25) is 0 Å². The van der Waals surface area contributed by atoms with E-state index in [9.17, 15) is 0 Å². The minimum Gasteiger partial charge on any atom is -0.330 e. The van der Waals surface area contributed by atoms with Gasteiger partial charge in [0.1, 0.15) is 0 Å². The summed E-state index contributed by atoms with van der Waals surface area (Å²) in [5.74, 6) is 0.847. The van der Waals surface area contributed by atoms with E-state index in [0.717, 1.165) is 18.5 Å². The summed E-state index contributed by atoms with van der Waals surface area (Å²) in [6.07, 6.45) is 9.09. The van der Waals surface area contributed by atoms with Crippen LogP contribution in [0.5, 0.6) is 0 Å². The molecule has 0 aromatic rings. The summed E-state index contributed by atoms with van der Waals surface area (Å²) in [6.45, 7) is 12.6. The van der Waals surface area contributed by atoms with E-state index >= 15 is 0 Å². The van der Waals surface area contributed by atoms with Gasteiger partial charge in [0.2, 0.25) is 0 Å². The van der Waals surface area contributed by atoms with E-state index in [2.05, 4.69) is 32.6 Å². The number of rotatable bonds is 12. The van der Waals surface area contributed by atoms with Crippen molar-refractivity contribution in [1.82, 2.24) is 4.90 Å². The van der Waals surface area contributed by atoms with Crippen molar-refractivity contribution in [3.05, 3.63) is 0 Å². The molecule has 0 radical (unpaired) electrons. The Morgan fingerprint density at radius 2 is 1.61 bits per heavy atom. The second kappa shape index (κ2) is 12.0. The maximum Gasteiger partial charge on any atom is 0.00643 e. The molecule has 0 bridgehead atoms. The van der Waals surface area contributed by atoms with E-state index in [1.54, 1.807) is 0 Å². The van der Waals surface area contributed by atoms with Crippen molar-refractivity contribution in [2.45, 2.75) is 78.7 Å². The van der Waals surface area contributed by atoms with Crippen molar-refractivity contribution >= 4 is 0 Å². The summed E-state index contributed by atoms with van der Waals surface area (Å²) in [5, 5.41) is 0. The lowest BCUT2D eigenvalue weighted by atomic mass is 9.96. The number of unbranched alkanes of at least 4 members (excludes halogenated alkanes) is 1. The summed E-state index contributed by atoms with van der Waals surface area (Å²) in [6, 6.07) is 0.742. The van der Waals surface area contributed by atoms with Crippen molar-refractivity contribution in [3.8, 4) is 0 Å². The first-order valence-electron chi connectivity index (χ1n) is 8.13. The predicted octanol–water partition coefficient (Wildman–Crippen LogP) is 4.04. The summed E-state index contributed by atoms with van der Waals surface area (Å²) in [4.78, 5) is 2.68. The fourth-order valence-electron chi connectivity index (χ4n) is 2.54. The summed E-state index contributed by atoms with van der Waals surface area (Å²) >= 11 is 0. The molecule has 0 saturated heterocycles. The van der Waals surface area contributed by atoms with Gasteiger partial charge in [-0.2, -0.15) is 0 Å². The fourth-order valence-corrected chi connectivity index (χ4v) is 2.54. The number of hydrogen-bond donors (Lipinski definition) is 1. The monoisotopic (exact) mass is 256 g/mol. The Hall–Kier alpha value is -0.0800. The van der Waals surface area contributed by atoms with Crippen LogP contribution in [0.1, 0.15) is 72.6 Å². The molecule has 0 aliphatic heterocycles. The van der Waals surface area contributed by atoms with Crippen molar-refractivity contribution in [2.24, 2.45) is 11.7 Å². The van der Waals surface area contributed by atoms with Crippen molar-refractivity contribution in [2.75, 3.05) is 19.6 Å². The minimum absolute atomic E-state index is 0.742. The average Bonchev–Trinajstić information content (AvgIpc) is 2.40. The Balaban J connectivity index is 3.93. The van der Waals surface area contributed by atoms with Gasteiger partial charge in [0, 0.05) is 6.04 Å². The van der Waals surface area contributed by atoms with Crippen LogP contribution in [0, 0.1) is 5.92 Å². The highest BCUT2D eigenvalue weighted by Crippen LogP contribution is 2.16. The first kappa shape index (κ1) is 17.9. The quantitative estimate of drug-likeness (QED) is 0.571. The third-order valence-electron chi connectivity index (χ3n) is 4.22. The van der Waals surface area contributed by atoms with Crippen LogP contribution in [0.3, 0.4) is 0 Å². The van der Waals surface area contributed by atoms with Crippen LogP contribution in [0.4, 0.5) is 0 Å². The van der Waals surface area contributed by atoms with Crippen molar-refractivity contribution in [3.63, 3.8) is 0 Å². The average molecular weight is 256 g/mol. The van der Waals surface area contributed by atoms with Gasteiger partial charge in [-0.15, -0.1) is 0 Å². The third-order valence-corrected chi connectivity index (χ3v) is 4.22. The van der Waals surface area contributed by atoms with Crippen LogP contribution in [-0.2, 0) is 0 Å². The Bertz CT molecular complexity index is 170. The number of nitrogens with two attached hydrogens (primary N) is 1. The molecule has 2 nitrogen and oxygen atoms in total. The van der Waals surface area contributed by atoms with Gasteiger partial charge in [0.05, 0.1) is 0 Å². The largest absolute Gasteiger partial charge is 0.330 e. The minimum atomic E-state index is 0.742. The van der Waals surface area contributed by atoms with E-state index < -0.39 is 0 Å². The highest BCUT2D eigenvalue weighted by molar-refractivity contribution is 4.67. The molecule has 0 aliphatic rings. The lowest BCUT2D eigenvalue weighted by molar-refractivity contribution is 0.192. The standard InChI is InChI=1S/C16H36N2/c1-5-8-13-18(15(4)6-2)14-9-10-16(7-3)11-12-17/h15-16H,5-14,17H2,1-4H3. The van der Waals surface area contributed by atoms with Gasteiger partial charge in [-0.25, -0.2) is 0 Å². The number of hydrogen-bond acceptors (Lipinski definition) is 2. The molecule has 2 heteroatoms. The van der Waals surface area contributed by atoms with E-state index in [-0.39, 0.29) is 0 Å². The summed E-state index contributed by atoms with van der Waals surface area (Å²) in [5.41, 5.74) is 5.66. The molecule has 0 aromatic heterocycles. The molecule has 2 atom stereocenters. The van der Waals surface area contributed by atoms with Crippen LogP contribution < -0.4 is 5.73 Å². The van der Waals surface area contributed by atoms with Gasteiger partial charge in [0.25, 0.3) is 0 Å². The third kappa shape index (κ3) is 8.10. The lowest BCUT2D eigenvalue weighted by Crippen LogP contribution is -2.34. The van der Waals surface area contributed by atoms with Gasteiger partial charge < -0.3 is 10.6 Å². The molecule has 0 saturated carbocycles. The van der Waals surface area contributed by atoms with Crippen LogP contribution in [0.25, 0.3) is 0 Å². The van der Waals surface area contributed by atoms with Crippen LogP contribution >= 0.6 is 0 Å². The van der Waals surface area contributed by atoms with E-state index in [0.29, 0.717) is 0 Å². The smallest absolute Gasteiger partial charge is 0.00643 e. The maximum atomic E-state index is 5.66. The highest BCUT2D eigenvalue weighted by Gasteiger charge is 2.12. The molecule has 2 unspecified atom stereocenters. The Morgan fingerprint density at radius 1 is 0.944 bits per heavy atom. The van der Waals surface area contributed by atoms with Crippen LogP contribution in [0.2, 0.25) is 0 Å². The van der Waals surface area contributed by atoms with Gasteiger partial charge >= 0.3 is 0 Å². The first-order valence-corrected chi connectivity index (χ1v) is 8.13. The predicted molar refractivity (Wildman–Crippen MR) is 82.9 cm³/mol. The summed E-state index contributed by atoms with van der Waals surface area (Å²) in [7, 11) is 0. The maximum absolute atomic E-state index is 5.66. The highest BCUT2D eigenvalue weighted by atomic mass is 15.1. The topological polar surface area (TPSA) is 29.3 Å². The van der Waals surface area contributed by atoms with E-state index in [1.165, 1.54) is 58.0 Å². The molecular formula is C16H36N2. The van der Waals surface area contributed by atoms with Gasteiger partial charge in [-0.1, -0.05) is 33.6 Å². The zero-order valence-electron chi connectivity index (χ0n) is 13.3. The van der Waals surface area contributed by atoms with Gasteiger partial charge in [-0.05, 0) is 64.6 Å². The molecule has 0 aromatic carbocycles. The molecule has 0 amide bonds. The first-order chi connectivity index (χ1) is 8.69. The second-order valence-electron chi connectivity index (χ2n) is 5.64. The molecule has 0 fully saturated rings. The van der Waals surface area contributed by atoms with E-state index in [1.807, 2.05) is 0 Å². The Labute approximate surface area is 115 Å². The normalized spacial score (nSPS) is 15.0.